The second-order valence-corrected chi connectivity index (χ2v) is 8.32. The fraction of sp³-hybridized carbons (Fsp3) is 0.120. The van der Waals surface area contributed by atoms with E-state index in [9.17, 15) is 19.1 Å². The number of Topliss-reactive ketones (excluding diaryl/α,β-unsaturated/α-hetero) is 1. The van der Waals surface area contributed by atoms with E-state index in [2.05, 4.69) is 0 Å². The number of aliphatic hydroxyl groups excluding tert-OH is 1. The first kappa shape index (κ1) is 22.8. The lowest BCUT2D eigenvalue weighted by atomic mass is 9.94. The quantitative estimate of drug-likeness (QED) is 0.276. The fourth-order valence-corrected chi connectivity index (χ4v) is 4.17. The van der Waals surface area contributed by atoms with E-state index in [1.54, 1.807) is 31.2 Å². The molecule has 0 aromatic heterocycles. The van der Waals surface area contributed by atoms with Crippen LogP contribution in [0.5, 0.6) is 5.75 Å². The summed E-state index contributed by atoms with van der Waals surface area (Å²) in [7, 11) is 1.53. The molecule has 1 atom stereocenters. The number of carbonyl (C=O) groups excluding carboxylic acids is 2. The third-order valence-electron chi connectivity index (χ3n) is 5.48. The molecule has 1 aliphatic heterocycles. The molecule has 0 saturated carbocycles. The van der Waals surface area contributed by atoms with Gasteiger partial charge in [0.1, 0.15) is 17.3 Å². The van der Waals surface area contributed by atoms with Gasteiger partial charge in [0, 0.05) is 11.3 Å². The highest BCUT2D eigenvalue weighted by Gasteiger charge is 2.47. The van der Waals surface area contributed by atoms with Gasteiger partial charge in [-0.3, -0.25) is 14.5 Å². The van der Waals surface area contributed by atoms with Crippen molar-refractivity contribution in [2.45, 2.75) is 13.0 Å². The molecule has 3 aromatic rings. The van der Waals surface area contributed by atoms with E-state index in [-0.39, 0.29) is 21.4 Å². The summed E-state index contributed by atoms with van der Waals surface area (Å²) in [5.74, 6) is -1.94. The molecule has 1 fully saturated rings. The second kappa shape index (κ2) is 8.89. The number of amides is 1. The average molecular weight is 486 g/mol. The number of methoxy groups -OCH3 is 1. The maximum atomic E-state index is 13.6. The molecule has 3 aromatic carbocycles. The Balaban J connectivity index is 1.94. The monoisotopic (exact) mass is 485 g/mol. The van der Waals surface area contributed by atoms with Crippen molar-refractivity contribution in [2.75, 3.05) is 12.0 Å². The number of ketones is 1. The zero-order valence-electron chi connectivity index (χ0n) is 17.6. The number of rotatable bonds is 4. The van der Waals surface area contributed by atoms with Crippen LogP contribution < -0.4 is 9.64 Å². The van der Waals surface area contributed by atoms with Gasteiger partial charge in [0.05, 0.1) is 28.8 Å². The van der Waals surface area contributed by atoms with Crippen LogP contribution in [0.1, 0.15) is 22.7 Å². The molecule has 1 unspecified atom stereocenters. The molecule has 8 heteroatoms. The molecule has 33 heavy (non-hydrogen) atoms. The Morgan fingerprint density at radius 1 is 1.00 bits per heavy atom. The van der Waals surface area contributed by atoms with Crippen LogP contribution in [-0.2, 0) is 9.59 Å². The highest BCUT2D eigenvalue weighted by Crippen LogP contribution is 2.43. The van der Waals surface area contributed by atoms with E-state index in [1.807, 2.05) is 0 Å². The Bertz CT molecular complexity index is 1300. The number of hydrogen-bond acceptors (Lipinski definition) is 4. The zero-order valence-corrected chi connectivity index (χ0v) is 19.1. The van der Waals surface area contributed by atoms with E-state index in [0.717, 1.165) is 5.56 Å². The van der Waals surface area contributed by atoms with Gasteiger partial charge < -0.3 is 9.84 Å². The van der Waals surface area contributed by atoms with Crippen molar-refractivity contribution in [3.05, 3.63) is 98.8 Å². The van der Waals surface area contributed by atoms with Gasteiger partial charge in [0.2, 0.25) is 0 Å². The van der Waals surface area contributed by atoms with E-state index in [1.165, 1.54) is 48.4 Å². The maximum Gasteiger partial charge on any atom is 0.300 e. The van der Waals surface area contributed by atoms with Crippen molar-refractivity contribution in [2.24, 2.45) is 0 Å². The third-order valence-corrected chi connectivity index (χ3v) is 6.22. The Hall–Kier alpha value is -3.35. The Morgan fingerprint density at radius 3 is 2.30 bits per heavy atom. The molecule has 0 radical (unpaired) electrons. The molecule has 0 spiro atoms. The predicted octanol–water partition coefficient (Wildman–Crippen LogP) is 6.08. The van der Waals surface area contributed by atoms with Gasteiger partial charge in [-0.05, 0) is 66.6 Å². The van der Waals surface area contributed by atoms with Crippen LogP contribution in [0.4, 0.5) is 10.1 Å². The largest absolute Gasteiger partial charge is 0.507 e. The summed E-state index contributed by atoms with van der Waals surface area (Å²) < 4.78 is 18.9. The number of halogens is 3. The third kappa shape index (κ3) is 4.08. The van der Waals surface area contributed by atoms with Crippen LogP contribution in [-0.4, -0.2) is 23.9 Å². The smallest absolute Gasteiger partial charge is 0.300 e. The standard InChI is InChI=1S/C25H18Cl2FNO4/c1-13-11-15(5-10-20(13)33-2)23(30)21-22(14-3-6-16(28)7-4-14)29(25(32)24(21)31)17-8-9-18(26)19(27)12-17/h3-12,22,30H,1-2H3/b23-21+. The van der Waals surface area contributed by atoms with E-state index in [4.69, 9.17) is 27.9 Å². The summed E-state index contributed by atoms with van der Waals surface area (Å²) in [4.78, 5) is 27.5. The van der Waals surface area contributed by atoms with Crippen molar-refractivity contribution < 1.29 is 23.8 Å². The Labute approximate surface area is 199 Å². The molecule has 1 amide bonds. The van der Waals surface area contributed by atoms with Gasteiger partial charge in [-0.25, -0.2) is 4.39 Å². The number of benzene rings is 3. The molecular weight excluding hydrogens is 468 g/mol. The van der Waals surface area contributed by atoms with Crippen molar-refractivity contribution >= 4 is 46.3 Å². The zero-order chi connectivity index (χ0) is 23.9. The van der Waals surface area contributed by atoms with E-state index < -0.39 is 23.5 Å². The van der Waals surface area contributed by atoms with Crippen LogP contribution >= 0.6 is 23.2 Å². The second-order valence-electron chi connectivity index (χ2n) is 7.50. The van der Waals surface area contributed by atoms with Crippen molar-refractivity contribution in [1.82, 2.24) is 0 Å². The van der Waals surface area contributed by atoms with Gasteiger partial charge in [-0.2, -0.15) is 0 Å². The lowest BCUT2D eigenvalue weighted by Crippen LogP contribution is -2.29. The number of nitrogens with zero attached hydrogens (tertiary/aromatic N) is 1. The molecule has 1 aliphatic rings. The molecule has 0 bridgehead atoms. The van der Waals surface area contributed by atoms with Crippen molar-refractivity contribution in [1.29, 1.82) is 0 Å². The normalized spacial score (nSPS) is 17.5. The lowest BCUT2D eigenvalue weighted by Gasteiger charge is -2.25. The molecular formula is C25H18Cl2FNO4. The first-order valence-electron chi connectivity index (χ1n) is 9.89. The first-order valence-corrected chi connectivity index (χ1v) is 10.6. The Kier molecular flexibility index (Phi) is 6.15. The number of hydrogen-bond donors (Lipinski definition) is 1. The van der Waals surface area contributed by atoms with Gasteiger partial charge in [0.15, 0.2) is 0 Å². The molecule has 1 saturated heterocycles. The molecule has 1 heterocycles. The SMILES string of the molecule is COc1ccc(/C(O)=C2\C(=O)C(=O)N(c3ccc(Cl)c(Cl)c3)C2c2ccc(F)cc2)cc1C. The van der Waals surface area contributed by atoms with Crippen molar-refractivity contribution in [3.8, 4) is 5.75 Å². The Morgan fingerprint density at radius 2 is 1.70 bits per heavy atom. The van der Waals surface area contributed by atoms with Gasteiger partial charge in [-0.15, -0.1) is 0 Å². The van der Waals surface area contributed by atoms with Crippen LogP contribution in [0.3, 0.4) is 0 Å². The number of carbonyl (C=O) groups is 2. The number of aliphatic hydroxyl groups is 1. The minimum atomic E-state index is -1.01. The maximum absolute atomic E-state index is 13.6. The van der Waals surface area contributed by atoms with Gasteiger partial charge >= 0.3 is 0 Å². The molecule has 4 rings (SSSR count). The number of anilines is 1. The summed E-state index contributed by atoms with van der Waals surface area (Å²) in [6.07, 6.45) is 0. The van der Waals surface area contributed by atoms with Gasteiger partial charge in [0.25, 0.3) is 11.7 Å². The highest BCUT2D eigenvalue weighted by molar-refractivity contribution is 6.52. The van der Waals surface area contributed by atoms with E-state index >= 15 is 0 Å². The minimum absolute atomic E-state index is 0.123. The fourth-order valence-electron chi connectivity index (χ4n) is 3.88. The van der Waals surface area contributed by atoms with Crippen LogP contribution in [0.15, 0.2) is 66.2 Å². The summed E-state index contributed by atoms with van der Waals surface area (Å²) in [5, 5.41) is 11.6. The van der Waals surface area contributed by atoms with Crippen LogP contribution in [0.2, 0.25) is 10.0 Å². The topological polar surface area (TPSA) is 66.8 Å². The molecule has 5 nitrogen and oxygen atoms in total. The highest BCUT2D eigenvalue weighted by atomic mass is 35.5. The summed E-state index contributed by atoms with van der Waals surface area (Å²) in [6.45, 7) is 1.79. The molecule has 1 N–H and O–H groups in total. The number of ether oxygens (including phenoxy) is 1. The van der Waals surface area contributed by atoms with Crippen molar-refractivity contribution in [3.63, 3.8) is 0 Å². The van der Waals surface area contributed by atoms with Crippen LogP contribution in [0, 0.1) is 12.7 Å². The molecule has 168 valence electrons. The lowest BCUT2D eigenvalue weighted by molar-refractivity contribution is -0.132. The minimum Gasteiger partial charge on any atom is -0.507 e. The van der Waals surface area contributed by atoms with E-state index in [0.29, 0.717) is 22.6 Å². The average Bonchev–Trinajstić information content (AvgIpc) is 3.06. The van der Waals surface area contributed by atoms with Crippen LogP contribution in [0.25, 0.3) is 5.76 Å². The summed E-state index contributed by atoms with van der Waals surface area (Å²) >= 11 is 12.2. The molecule has 0 aliphatic carbocycles. The predicted molar refractivity (Wildman–Crippen MR) is 125 cm³/mol. The number of aryl methyl sites for hydroxylation is 1. The van der Waals surface area contributed by atoms with Gasteiger partial charge in [-0.1, -0.05) is 35.3 Å². The summed E-state index contributed by atoms with van der Waals surface area (Å²) in [5.41, 5.74) is 1.70. The first-order chi connectivity index (χ1) is 15.7. The summed E-state index contributed by atoms with van der Waals surface area (Å²) in [6, 6.07) is 13.8.